The van der Waals surface area contributed by atoms with E-state index in [1.54, 1.807) is 14.2 Å². The number of aliphatic hydroxyl groups excluding tert-OH is 1. The highest BCUT2D eigenvalue weighted by Gasteiger charge is 2.36. The average molecular weight is 471 g/mol. The molecule has 0 spiro atoms. The van der Waals surface area contributed by atoms with Crippen LogP contribution in [0.3, 0.4) is 0 Å². The van der Waals surface area contributed by atoms with Crippen LogP contribution >= 0.6 is 0 Å². The SMILES string of the molecule is COc1ccc2c(c1)c1c(n2CO)CN2CCc3cc(OC)c(OCc4ccccc4)cc3C2C1. The molecule has 1 unspecified atom stereocenters. The van der Waals surface area contributed by atoms with Gasteiger partial charge < -0.3 is 23.9 Å². The molecule has 3 aromatic carbocycles. The van der Waals surface area contributed by atoms with E-state index in [-0.39, 0.29) is 12.8 Å². The fourth-order valence-corrected chi connectivity index (χ4v) is 5.74. The predicted molar refractivity (Wildman–Crippen MR) is 135 cm³/mol. The van der Waals surface area contributed by atoms with Crippen molar-refractivity contribution in [3.05, 3.63) is 88.6 Å². The maximum Gasteiger partial charge on any atom is 0.162 e. The van der Waals surface area contributed by atoms with Crippen LogP contribution in [-0.4, -0.2) is 35.3 Å². The van der Waals surface area contributed by atoms with Gasteiger partial charge in [-0.15, -0.1) is 0 Å². The third-order valence-electron chi connectivity index (χ3n) is 7.52. The zero-order valence-corrected chi connectivity index (χ0v) is 20.2. The molecule has 0 amide bonds. The fraction of sp³-hybridized carbons (Fsp3) is 0.310. The van der Waals surface area contributed by atoms with Gasteiger partial charge in [0.2, 0.25) is 0 Å². The molecular weight excluding hydrogens is 440 g/mol. The third-order valence-corrected chi connectivity index (χ3v) is 7.52. The summed E-state index contributed by atoms with van der Waals surface area (Å²) in [5.41, 5.74) is 7.30. The van der Waals surface area contributed by atoms with Crippen molar-refractivity contribution >= 4 is 10.9 Å². The monoisotopic (exact) mass is 470 g/mol. The molecule has 3 heterocycles. The van der Waals surface area contributed by atoms with Crippen molar-refractivity contribution in [1.29, 1.82) is 0 Å². The summed E-state index contributed by atoms with van der Waals surface area (Å²) in [6.07, 6.45) is 1.84. The van der Waals surface area contributed by atoms with Crippen LogP contribution in [0.4, 0.5) is 0 Å². The first kappa shape index (κ1) is 22.0. The molecule has 1 atom stereocenters. The standard InChI is InChI=1S/C29H30N2O4/c1-33-21-8-9-25-23(13-21)24-14-26-22-15-29(35-17-19-6-4-3-5-7-19)28(34-2)12-20(22)10-11-30(26)16-27(24)31(25)18-32/h3-9,12-13,15,26,32H,10-11,14,16-18H2,1-2H3. The van der Waals surface area contributed by atoms with E-state index in [0.29, 0.717) is 6.61 Å². The van der Waals surface area contributed by atoms with Gasteiger partial charge in [-0.2, -0.15) is 0 Å². The van der Waals surface area contributed by atoms with Gasteiger partial charge in [-0.1, -0.05) is 30.3 Å². The summed E-state index contributed by atoms with van der Waals surface area (Å²) in [7, 11) is 3.40. The minimum atomic E-state index is -0.0259. The molecule has 0 radical (unpaired) electrons. The Balaban J connectivity index is 1.39. The Labute approximate surface area is 205 Å². The number of aliphatic hydroxyl groups is 1. The van der Waals surface area contributed by atoms with Gasteiger partial charge in [0.1, 0.15) is 19.1 Å². The fourth-order valence-electron chi connectivity index (χ4n) is 5.74. The average Bonchev–Trinajstić information content (AvgIpc) is 3.22. The maximum atomic E-state index is 10.2. The van der Waals surface area contributed by atoms with E-state index in [1.807, 2.05) is 28.8 Å². The highest BCUT2D eigenvalue weighted by Crippen LogP contribution is 2.45. The Morgan fingerprint density at radius 3 is 2.60 bits per heavy atom. The summed E-state index contributed by atoms with van der Waals surface area (Å²) in [6.45, 7) is 2.25. The summed E-state index contributed by atoms with van der Waals surface area (Å²) in [5, 5.41) is 11.4. The molecule has 6 rings (SSSR count). The lowest BCUT2D eigenvalue weighted by atomic mass is 9.85. The van der Waals surface area contributed by atoms with Crippen LogP contribution in [0, 0.1) is 0 Å². The molecule has 1 N–H and O–H groups in total. The molecule has 2 aliphatic rings. The van der Waals surface area contributed by atoms with Crippen LogP contribution in [-0.2, 0) is 32.7 Å². The first-order chi connectivity index (χ1) is 17.2. The minimum absolute atomic E-state index is 0.0259. The number of fused-ring (bicyclic) bond motifs is 6. The summed E-state index contributed by atoms with van der Waals surface area (Å²) < 4.78 is 19.5. The molecule has 0 saturated carbocycles. The zero-order chi connectivity index (χ0) is 23.9. The number of methoxy groups -OCH3 is 2. The normalized spacial score (nSPS) is 16.9. The van der Waals surface area contributed by atoms with Crippen molar-refractivity contribution in [3.8, 4) is 17.2 Å². The Bertz CT molecular complexity index is 1380. The van der Waals surface area contributed by atoms with E-state index in [1.165, 1.54) is 22.4 Å². The zero-order valence-electron chi connectivity index (χ0n) is 20.2. The summed E-state index contributed by atoms with van der Waals surface area (Å²) >= 11 is 0. The Kier molecular flexibility index (Phi) is 5.63. The molecule has 6 nitrogen and oxygen atoms in total. The second kappa shape index (κ2) is 8.95. The third kappa shape index (κ3) is 3.74. The first-order valence-electron chi connectivity index (χ1n) is 12.1. The molecule has 1 aromatic heterocycles. The summed E-state index contributed by atoms with van der Waals surface area (Å²) in [5.74, 6) is 2.40. The highest BCUT2D eigenvalue weighted by molar-refractivity contribution is 5.87. The Morgan fingerprint density at radius 1 is 0.971 bits per heavy atom. The van der Waals surface area contributed by atoms with E-state index >= 15 is 0 Å². The summed E-state index contributed by atoms with van der Waals surface area (Å²) in [4.78, 5) is 2.53. The molecule has 0 aliphatic carbocycles. The number of rotatable bonds is 6. The van der Waals surface area contributed by atoms with E-state index < -0.39 is 0 Å². The van der Waals surface area contributed by atoms with Crippen LogP contribution in [0.1, 0.15) is 34.0 Å². The molecule has 2 aliphatic heterocycles. The number of hydrogen-bond donors (Lipinski definition) is 1. The van der Waals surface area contributed by atoms with Gasteiger partial charge in [0.05, 0.1) is 19.7 Å². The van der Waals surface area contributed by atoms with Crippen molar-refractivity contribution in [2.24, 2.45) is 0 Å². The second-order valence-corrected chi connectivity index (χ2v) is 9.29. The number of nitrogens with zero attached hydrogens (tertiary/aromatic N) is 2. The van der Waals surface area contributed by atoms with Crippen molar-refractivity contribution in [2.45, 2.75) is 38.8 Å². The molecule has 35 heavy (non-hydrogen) atoms. The lowest BCUT2D eigenvalue weighted by molar-refractivity contribution is 0.145. The van der Waals surface area contributed by atoms with Crippen LogP contribution in [0.15, 0.2) is 60.7 Å². The smallest absolute Gasteiger partial charge is 0.162 e. The largest absolute Gasteiger partial charge is 0.497 e. The Morgan fingerprint density at radius 2 is 1.83 bits per heavy atom. The van der Waals surface area contributed by atoms with Gasteiger partial charge in [0.25, 0.3) is 0 Å². The number of ether oxygens (including phenoxy) is 3. The van der Waals surface area contributed by atoms with Crippen LogP contribution < -0.4 is 14.2 Å². The molecule has 0 fully saturated rings. The predicted octanol–water partition coefficient (Wildman–Crippen LogP) is 4.84. The molecule has 6 heteroatoms. The van der Waals surface area contributed by atoms with Gasteiger partial charge >= 0.3 is 0 Å². The molecule has 0 bridgehead atoms. The number of hydrogen-bond acceptors (Lipinski definition) is 5. The van der Waals surface area contributed by atoms with Crippen LogP contribution in [0.5, 0.6) is 17.2 Å². The number of aromatic nitrogens is 1. The quantitative estimate of drug-likeness (QED) is 0.437. The first-order valence-corrected chi connectivity index (χ1v) is 12.1. The highest BCUT2D eigenvalue weighted by atomic mass is 16.5. The van der Waals surface area contributed by atoms with Gasteiger partial charge in [0.15, 0.2) is 11.5 Å². The molecular formula is C29H30N2O4. The second-order valence-electron chi connectivity index (χ2n) is 9.29. The van der Waals surface area contributed by atoms with E-state index in [0.717, 1.165) is 59.6 Å². The van der Waals surface area contributed by atoms with Crippen LogP contribution in [0.2, 0.25) is 0 Å². The van der Waals surface area contributed by atoms with Crippen molar-refractivity contribution < 1.29 is 19.3 Å². The topological polar surface area (TPSA) is 56.1 Å². The van der Waals surface area contributed by atoms with E-state index in [4.69, 9.17) is 14.2 Å². The number of benzene rings is 3. The van der Waals surface area contributed by atoms with Gasteiger partial charge in [-0.25, -0.2) is 0 Å². The van der Waals surface area contributed by atoms with Crippen molar-refractivity contribution in [1.82, 2.24) is 9.47 Å². The van der Waals surface area contributed by atoms with Crippen molar-refractivity contribution in [3.63, 3.8) is 0 Å². The molecule has 0 saturated heterocycles. The minimum Gasteiger partial charge on any atom is -0.497 e. The van der Waals surface area contributed by atoms with Gasteiger partial charge in [-0.3, -0.25) is 4.90 Å². The lowest BCUT2D eigenvalue weighted by Crippen LogP contribution is -2.39. The molecule has 4 aromatic rings. The van der Waals surface area contributed by atoms with Crippen LogP contribution in [0.25, 0.3) is 10.9 Å². The Hall–Kier alpha value is -3.48. The lowest BCUT2D eigenvalue weighted by Gasteiger charge is -2.41. The van der Waals surface area contributed by atoms with E-state index in [9.17, 15) is 5.11 Å². The maximum absolute atomic E-state index is 10.2. The molecule has 180 valence electrons. The summed E-state index contributed by atoms with van der Waals surface area (Å²) in [6, 6.07) is 20.9. The van der Waals surface area contributed by atoms with Crippen molar-refractivity contribution in [2.75, 3.05) is 20.8 Å². The van der Waals surface area contributed by atoms with Gasteiger partial charge in [-0.05, 0) is 65.4 Å². The van der Waals surface area contributed by atoms with Gasteiger partial charge in [0, 0.05) is 30.2 Å². The van der Waals surface area contributed by atoms with E-state index in [2.05, 4.69) is 41.3 Å².